The van der Waals surface area contributed by atoms with Crippen LogP contribution in [0.3, 0.4) is 0 Å². The minimum absolute atomic E-state index is 0.0724. The number of carbonyl (C=O) groups excluding carboxylic acids is 1. The summed E-state index contributed by atoms with van der Waals surface area (Å²) in [4.78, 5) is 20.8. The van der Waals surface area contributed by atoms with Crippen LogP contribution in [0.25, 0.3) is 5.78 Å². The Labute approximate surface area is 151 Å². The van der Waals surface area contributed by atoms with Gasteiger partial charge in [0, 0.05) is 19.0 Å². The number of rotatable bonds is 6. The number of methoxy groups -OCH3 is 2. The highest BCUT2D eigenvalue weighted by molar-refractivity contribution is 5.91. The molecule has 3 aromatic rings. The topological polar surface area (TPSA) is 90.6 Å². The number of aromatic nitrogens is 4. The van der Waals surface area contributed by atoms with Crippen molar-refractivity contribution < 1.29 is 14.3 Å². The maximum absolute atomic E-state index is 12.5. The lowest BCUT2D eigenvalue weighted by atomic mass is 10.0. The molecule has 0 saturated heterocycles. The van der Waals surface area contributed by atoms with Gasteiger partial charge in [-0.05, 0) is 37.6 Å². The second-order valence-electron chi connectivity index (χ2n) is 5.93. The molecule has 0 aliphatic carbocycles. The normalized spacial score (nSPS) is 13.4. The van der Waals surface area contributed by atoms with E-state index in [1.807, 2.05) is 38.1 Å². The van der Waals surface area contributed by atoms with E-state index in [9.17, 15) is 4.79 Å². The summed E-state index contributed by atoms with van der Waals surface area (Å²) < 4.78 is 12.3. The molecule has 2 aromatic heterocycles. The van der Waals surface area contributed by atoms with Crippen LogP contribution in [0, 0.1) is 6.92 Å². The van der Waals surface area contributed by atoms with Crippen molar-refractivity contribution in [2.24, 2.45) is 0 Å². The number of benzene rings is 1. The zero-order valence-corrected chi connectivity index (χ0v) is 15.1. The molecule has 0 saturated carbocycles. The molecule has 136 valence electrons. The van der Waals surface area contributed by atoms with E-state index in [1.165, 1.54) is 4.52 Å². The largest absolute Gasteiger partial charge is 0.497 e. The molecule has 1 N–H and O–H groups in total. The predicted molar refractivity (Wildman–Crippen MR) is 95.2 cm³/mol. The van der Waals surface area contributed by atoms with Crippen molar-refractivity contribution >= 4 is 11.7 Å². The molecule has 8 heteroatoms. The molecule has 0 aliphatic heterocycles. The SMILES string of the molecule is COc1ccc([C@H](OC)[C@@H](C)NC(=O)c2nc3nccc(C)n3n2)cc1. The van der Waals surface area contributed by atoms with E-state index in [-0.39, 0.29) is 23.9 Å². The molecule has 0 unspecified atom stereocenters. The van der Waals surface area contributed by atoms with Gasteiger partial charge in [0.25, 0.3) is 11.7 Å². The van der Waals surface area contributed by atoms with Crippen LogP contribution in [0.15, 0.2) is 36.5 Å². The van der Waals surface area contributed by atoms with E-state index in [4.69, 9.17) is 9.47 Å². The van der Waals surface area contributed by atoms with Gasteiger partial charge in [0.15, 0.2) is 0 Å². The molecule has 8 nitrogen and oxygen atoms in total. The van der Waals surface area contributed by atoms with Crippen LogP contribution in [0.5, 0.6) is 5.75 Å². The number of fused-ring (bicyclic) bond motifs is 1. The Morgan fingerprint density at radius 3 is 2.54 bits per heavy atom. The summed E-state index contributed by atoms with van der Waals surface area (Å²) in [6.45, 7) is 3.74. The van der Waals surface area contributed by atoms with Gasteiger partial charge in [0.1, 0.15) is 11.9 Å². The van der Waals surface area contributed by atoms with E-state index >= 15 is 0 Å². The number of aryl methyl sites for hydroxylation is 1. The second kappa shape index (κ2) is 7.49. The molecule has 0 bridgehead atoms. The Hall–Kier alpha value is -3.00. The van der Waals surface area contributed by atoms with Gasteiger partial charge < -0.3 is 14.8 Å². The number of hydrogen-bond donors (Lipinski definition) is 1. The molecule has 0 radical (unpaired) electrons. The van der Waals surface area contributed by atoms with Crippen molar-refractivity contribution in [3.63, 3.8) is 0 Å². The fourth-order valence-electron chi connectivity index (χ4n) is 2.77. The number of nitrogens with zero attached hydrogens (tertiary/aromatic N) is 4. The molecule has 0 spiro atoms. The smallest absolute Gasteiger partial charge is 0.291 e. The van der Waals surface area contributed by atoms with Crippen LogP contribution in [0.4, 0.5) is 0 Å². The van der Waals surface area contributed by atoms with Gasteiger partial charge in [-0.3, -0.25) is 4.79 Å². The van der Waals surface area contributed by atoms with Gasteiger partial charge >= 0.3 is 0 Å². The Balaban J connectivity index is 1.76. The van der Waals surface area contributed by atoms with E-state index in [1.54, 1.807) is 26.5 Å². The molecule has 3 rings (SSSR count). The fraction of sp³-hybridized carbons (Fsp3) is 0.333. The van der Waals surface area contributed by atoms with E-state index in [0.717, 1.165) is 17.0 Å². The van der Waals surface area contributed by atoms with Crippen LogP contribution in [-0.4, -0.2) is 45.8 Å². The lowest BCUT2D eigenvalue weighted by Crippen LogP contribution is -2.38. The second-order valence-corrected chi connectivity index (χ2v) is 5.93. The fourth-order valence-corrected chi connectivity index (χ4v) is 2.77. The lowest BCUT2D eigenvalue weighted by molar-refractivity contribution is 0.0640. The van der Waals surface area contributed by atoms with Crippen molar-refractivity contribution in [3.8, 4) is 5.75 Å². The highest BCUT2D eigenvalue weighted by Crippen LogP contribution is 2.23. The zero-order chi connectivity index (χ0) is 18.7. The molecule has 26 heavy (non-hydrogen) atoms. The van der Waals surface area contributed by atoms with E-state index < -0.39 is 0 Å². The number of ether oxygens (including phenoxy) is 2. The van der Waals surface area contributed by atoms with Gasteiger partial charge in [-0.1, -0.05) is 12.1 Å². The van der Waals surface area contributed by atoms with Crippen LogP contribution in [0.1, 0.15) is 34.9 Å². The van der Waals surface area contributed by atoms with Gasteiger partial charge in [-0.15, -0.1) is 5.10 Å². The van der Waals surface area contributed by atoms with Crippen molar-refractivity contribution in [1.82, 2.24) is 24.9 Å². The Morgan fingerprint density at radius 1 is 1.19 bits per heavy atom. The molecular weight excluding hydrogens is 334 g/mol. The molecule has 1 amide bonds. The summed E-state index contributed by atoms with van der Waals surface area (Å²) in [6, 6.07) is 9.04. The zero-order valence-electron chi connectivity index (χ0n) is 15.1. The predicted octanol–water partition coefficient (Wildman–Crippen LogP) is 1.95. The molecule has 2 atom stereocenters. The Kier molecular flexibility index (Phi) is 5.13. The van der Waals surface area contributed by atoms with Crippen molar-refractivity contribution in [2.45, 2.75) is 26.0 Å². The maximum atomic E-state index is 12.5. The minimum atomic E-state index is -0.377. The molecule has 1 aromatic carbocycles. The monoisotopic (exact) mass is 355 g/mol. The summed E-state index contributed by atoms with van der Waals surface area (Å²) in [5.74, 6) is 0.847. The Bertz CT molecular complexity index is 907. The third kappa shape index (κ3) is 3.50. The first kappa shape index (κ1) is 17.8. The number of carbonyl (C=O) groups is 1. The van der Waals surface area contributed by atoms with Gasteiger partial charge in [-0.25, -0.2) is 9.50 Å². The summed E-state index contributed by atoms with van der Waals surface area (Å²) >= 11 is 0. The van der Waals surface area contributed by atoms with Crippen LogP contribution in [0.2, 0.25) is 0 Å². The number of amides is 1. The highest BCUT2D eigenvalue weighted by Gasteiger charge is 2.23. The first-order valence-corrected chi connectivity index (χ1v) is 8.19. The van der Waals surface area contributed by atoms with E-state index in [2.05, 4.69) is 20.4 Å². The van der Waals surface area contributed by atoms with Crippen LogP contribution in [-0.2, 0) is 4.74 Å². The first-order valence-electron chi connectivity index (χ1n) is 8.19. The van der Waals surface area contributed by atoms with Crippen LogP contribution >= 0.6 is 0 Å². The lowest BCUT2D eigenvalue weighted by Gasteiger charge is -2.23. The molecule has 0 aliphatic rings. The first-order chi connectivity index (χ1) is 12.5. The summed E-state index contributed by atoms with van der Waals surface area (Å²) in [6.07, 6.45) is 1.32. The third-order valence-corrected chi connectivity index (χ3v) is 4.14. The molecule has 2 heterocycles. The summed E-state index contributed by atoms with van der Waals surface area (Å²) in [7, 11) is 3.22. The third-order valence-electron chi connectivity index (χ3n) is 4.14. The number of nitrogens with one attached hydrogen (secondary N) is 1. The van der Waals surface area contributed by atoms with Gasteiger partial charge in [0.05, 0.1) is 13.2 Å². The van der Waals surface area contributed by atoms with Gasteiger partial charge in [0.2, 0.25) is 5.82 Å². The average Bonchev–Trinajstić information content (AvgIpc) is 3.09. The molecule has 0 fully saturated rings. The van der Waals surface area contributed by atoms with Crippen LogP contribution < -0.4 is 10.1 Å². The summed E-state index contributed by atoms with van der Waals surface area (Å²) in [5, 5.41) is 7.11. The van der Waals surface area contributed by atoms with Crippen molar-refractivity contribution in [2.75, 3.05) is 14.2 Å². The quantitative estimate of drug-likeness (QED) is 0.727. The Morgan fingerprint density at radius 2 is 1.92 bits per heavy atom. The van der Waals surface area contributed by atoms with Gasteiger partial charge in [-0.2, -0.15) is 4.98 Å². The summed E-state index contributed by atoms with van der Waals surface area (Å²) in [5.41, 5.74) is 1.78. The molecular formula is C18H21N5O3. The average molecular weight is 355 g/mol. The van der Waals surface area contributed by atoms with E-state index in [0.29, 0.717) is 5.78 Å². The highest BCUT2D eigenvalue weighted by atomic mass is 16.5. The number of hydrogen-bond acceptors (Lipinski definition) is 6. The standard InChI is InChI=1S/C18H21N5O3/c1-11-9-10-19-18-21-16(22-23(11)18)17(24)20-12(2)15(26-4)13-5-7-14(25-3)8-6-13/h5-10,12,15H,1-4H3,(H,20,24)/t12-,15-/m1/s1. The van der Waals surface area contributed by atoms with Crippen molar-refractivity contribution in [3.05, 3.63) is 53.6 Å². The minimum Gasteiger partial charge on any atom is -0.497 e. The maximum Gasteiger partial charge on any atom is 0.291 e. The van der Waals surface area contributed by atoms with Crippen molar-refractivity contribution in [1.29, 1.82) is 0 Å².